The third kappa shape index (κ3) is 4.01. The number of hydrogen-bond donors (Lipinski definition) is 1. The summed E-state index contributed by atoms with van der Waals surface area (Å²) < 4.78 is 0. The van der Waals surface area contributed by atoms with Crippen LogP contribution in [0.3, 0.4) is 0 Å². The molecule has 4 heteroatoms. The van der Waals surface area contributed by atoms with E-state index < -0.39 is 0 Å². The number of benzene rings is 1. The van der Waals surface area contributed by atoms with Crippen molar-refractivity contribution in [1.82, 2.24) is 9.80 Å². The van der Waals surface area contributed by atoms with Crippen LogP contribution in [0.1, 0.15) is 41.9 Å². The van der Waals surface area contributed by atoms with Gasteiger partial charge < -0.3 is 15.5 Å². The molecule has 1 amide bonds. The number of nitrogen functional groups attached to an aromatic ring is 1. The number of nitrogens with two attached hydrogens (primary N) is 1. The molecule has 122 valence electrons. The smallest absolute Gasteiger partial charge is 0.223 e. The Hall–Kier alpha value is -1.55. The molecule has 0 spiro atoms. The van der Waals surface area contributed by atoms with Crippen LogP contribution >= 0.6 is 0 Å². The number of nitrogens with zero attached hydrogens (tertiary/aromatic N) is 2. The highest BCUT2D eigenvalue weighted by atomic mass is 16.2. The Kier molecular flexibility index (Phi) is 5.46. The fourth-order valence-corrected chi connectivity index (χ4v) is 3.22. The van der Waals surface area contributed by atoms with Crippen molar-refractivity contribution in [3.63, 3.8) is 0 Å². The molecule has 2 N–H and O–H groups in total. The first-order valence-corrected chi connectivity index (χ1v) is 8.17. The van der Waals surface area contributed by atoms with E-state index in [1.165, 1.54) is 11.1 Å². The molecule has 1 heterocycles. The van der Waals surface area contributed by atoms with E-state index in [2.05, 4.69) is 30.9 Å². The lowest BCUT2D eigenvalue weighted by Crippen LogP contribution is -2.39. The highest BCUT2D eigenvalue weighted by Gasteiger charge is 2.24. The molecule has 0 aliphatic carbocycles. The van der Waals surface area contributed by atoms with Gasteiger partial charge in [-0.3, -0.25) is 4.79 Å². The zero-order valence-corrected chi connectivity index (χ0v) is 14.4. The van der Waals surface area contributed by atoms with E-state index >= 15 is 0 Å². The Morgan fingerprint density at radius 2 is 1.86 bits per heavy atom. The zero-order chi connectivity index (χ0) is 16.3. The van der Waals surface area contributed by atoms with Gasteiger partial charge in [0.1, 0.15) is 0 Å². The van der Waals surface area contributed by atoms with Crippen molar-refractivity contribution in [2.75, 3.05) is 39.5 Å². The SMILES string of the molecule is Cc1cc(C2CCN(C(=O)CCN(C)C)CC2)c(C)cc1N. The average Bonchev–Trinajstić information content (AvgIpc) is 2.48. The predicted molar refractivity (Wildman–Crippen MR) is 92.1 cm³/mol. The Balaban J connectivity index is 1.95. The first-order valence-electron chi connectivity index (χ1n) is 8.17. The van der Waals surface area contributed by atoms with Gasteiger partial charge in [-0.25, -0.2) is 0 Å². The van der Waals surface area contributed by atoms with Gasteiger partial charge in [0.2, 0.25) is 5.91 Å². The van der Waals surface area contributed by atoms with E-state index in [-0.39, 0.29) is 5.91 Å². The summed E-state index contributed by atoms with van der Waals surface area (Å²) in [5, 5.41) is 0. The van der Waals surface area contributed by atoms with Gasteiger partial charge >= 0.3 is 0 Å². The summed E-state index contributed by atoms with van der Waals surface area (Å²) in [6.07, 6.45) is 2.73. The molecular formula is C18H29N3O. The van der Waals surface area contributed by atoms with E-state index in [1.807, 2.05) is 19.0 Å². The molecule has 0 radical (unpaired) electrons. The molecule has 0 bridgehead atoms. The number of rotatable bonds is 4. The summed E-state index contributed by atoms with van der Waals surface area (Å²) in [5.41, 5.74) is 10.7. The van der Waals surface area contributed by atoms with Gasteiger partial charge in [0, 0.05) is 31.7 Å². The van der Waals surface area contributed by atoms with Crippen LogP contribution in [-0.4, -0.2) is 49.4 Å². The number of likely N-dealkylation sites (tertiary alicyclic amines) is 1. The quantitative estimate of drug-likeness (QED) is 0.870. The molecule has 22 heavy (non-hydrogen) atoms. The van der Waals surface area contributed by atoms with Crippen LogP contribution in [0, 0.1) is 13.8 Å². The summed E-state index contributed by atoms with van der Waals surface area (Å²) >= 11 is 0. The fraction of sp³-hybridized carbons (Fsp3) is 0.611. The summed E-state index contributed by atoms with van der Waals surface area (Å²) in [6, 6.07) is 4.32. The Labute approximate surface area is 134 Å². The van der Waals surface area contributed by atoms with Gasteiger partial charge in [-0.15, -0.1) is 0 Å². The minimum absolute atomic E-state index is 0.289. The number of piperidine rings is 1. The summed E-state index contributed by atoms with van der Waals surface area (Å²) in [7, 11) is 4.01. The number of aryl methyl sites for hydroxylation is 2. The lowest BCUT2D eigenvalue weighted by atomic mass is 9.85. The first kappa shape index (κ1) is 16.8. The Morgan fingerprint density at radius 3 is 2.45 bits per heavy atom. The van der Waals surface area contributed by atoms with Crippen molar-refractivity contribution in [2.24, 2.45) is 0 Å². The maximum absolute atomic E-state index is 12.2. The second-order valence-electron chi connectivity index (χ2n) is 6.77. The number of anilines is 1. The van der Waals surface area contributed by atoms with Crippen molar-refractivity contribution in [3.05, 3.63) is 28.8 Å². The van der Waals surface area contributed by atoms with Gasteiger partial charge in [0.15, 0.2) is 0 Å². The Bertz CT molecular complexity index is 531. The predicted octanol–water partition coefficient (Wildman–Crippen LogP) is 2.54. The summed E-state index contributed by atoms with van der Waals surface area (Å²) in [5.74, 6) is 0.842. The van der Waals surface area contributed by atoms with Crippen LogP contribution in [0.25, 0.3) is 0 Å². The van der Waals surface area contributed by atoms with Gasteiger partial charge in [-0.05, 0) is 69.5 Å². The largest absolute Gasteiger partial charge is 0.399 e. The van der Waals surface area contributed by atoms with Crippen molar-refractivity contribution in [2.45, 2.75) is 39.0 Å². The molecule has 2 rings (SSSR count). The molecule has 0 aromatic heterocycles. The molecule has 1 aliphatic heterocycles. The van der Waals surface area contributed by atoms with Crippen LogP contribution in [-0.2, 0) is 4.79 Å². The summed E-state index contributed by atoms with van der Waals surface area (Å²) in [4.78, 5) is 16.3. The van der Waals surface area contributed by atoms with Gasteiger partial charge in [-0.1, -0.05) is 6.07 Å². The molecule has 1 fully saturated rings. The number of hydrogen-bond acceptors (Lipinski definition) is 3. The van der Waals surface area contributed by atoms with Gasteiger partial charge in [0.05, 0.1) is 0 Å². The van der Waals surface area contributed by atoms with Crippen molar-refractivity contribution < 1.29 is 4.79 Å². The van der Waals surface area contributed by atoms with E-state index in [4.69, 9.17) is 5.73 Å². The minimum Gasteiger partial charge on any atom is -0.399 e. The monoisotopic (exact) mass is 303 g/mol. The molecule has 1 aliphatic rings. The average molecular weight is 303 g/mol. The summed E-state index contributed by atoms with van der Waals surface area (Å²) in [6.45, 7) is 6.78. The van der Waals surface area contributed by atoms with E-state index in [9.17, 15) is 4.79 Å². The van der Waals surface area contributed by atoms with Crippen molar-refractivity contribution in [1.29, 1.82) is 0 Å². The maximum atomic E-state index is 12.2. The minimum atomic E-state index is 0.289. The Morgan fingerprint density at radius 1 is 1.23 bits per heavy atom. The fourth-order valence-electron chi connectivity index (χ4n) is 3.22. The van der Waals surface area contributed by atoms with E-state index in [0.717, 1.165) is 43.7 Å². The molecule has 1 saturated heterocycles. The number of amides is 1. The second kappa shape index (κ2) is 7.14. The molecule has 1 aromatic rings. The van der Waals surface area contributed by atoms with Gasteiger partial charge in [0.25, 0.3) is 0 Å². The zero-order valence-electron chi connectivity index (χ0n) is 14.4. The third-order valence-corrected chi connectivity index (χ3v) is 4.72. The molecule has 0 atom stereocenters. The molecule has 0 saturated carbocycles. The van der Waals surface area contributed by atoms with Crippen molar-refractivity contribution >= 4 is 11.6 Å². The second-order valence-corrected chi connectivity index (χ2v) is 6.77. The van der Waals surface area contributed by atoms with Crippen LogP contribution in [0.5, 0.6) is 0 Å². The molecule has 1 aromatic carbocycles. The van der Waals surface area contributed by atoms with Crippen molar-refractivity contribution in [3.8, 4) is 0 Å². The molecule has 0 unspecified atom stereocenters. The van der Waals surface area contributed by atoms with Crippen LogP contribution in [0.2, 0.25) is 0 Å². The van der Waals surface area contributed by atoms with Crippen LogP contribution in [0.15, 0.2) is 12.1 Å². The number of carbonyl (C=O) groups excluding carboxylic acids is 1. The first-order chi connectivity index (χ1) is 10.4. The maximum Gasteiger partial charge on any atom is 0.223 e. The number of carbonyl (C=O) groups is 1. The molecule has 4 nitrogen and oxygen atoms in total. The molecular weight excluding hydrogens is 274 g/mol. The lowest BCUT2D eigenvalue weighted by molar-refractivity contribution is -0.132. The third-order valence-electron chi connectivity index (χ3n) is 4.72. The lowest BCUT2D eigenvalue weighted by Gasteiger charge is -2.33. The standard InChI is InChI=1S/C18H29N3O/c1-13-12-17(19)14(2)11-16(13)15-5-9-21(10-6-15)18(22)7-8-20(3)4/h11-12,15H,5-10,19H2,1-4H3. The van der Waals surface area contributed by atoms with E-state index in [1.54, 1.807) is 0 Å². The highest BCUT2D eigenvalue weighted by Crippen LogP contribution is 2.32. The van der Waals surface area contributed by atoms with E-state index in [0.29, 0.717) is 12.3 Å². The van der Waals surface area contributed by atoms with Crippen LogP contribution < -0.4 is 5.73 Å². The highest BCUT2D eigenvalue weighted by molar-refractivity contribution is 5.76. The normalized spacial score (nSPS) is 16.3. The topological polar surface area (TPSA) is 49.6 Å². The van der Waals surface area contributed by atoms with Crippen LogP contribution in [0.4, 0.5) is 5.69 Å². The van der Waals surface area contributed by atoms with Gasteiger partial charge in [-0.2, -0.15) is 0 Å².